The van der Waals surface area contributed by atoms with Crippen LogP contribution in [0.4, 0.5) is 0 Å². The summed E-state index contributed by atoms with van der Waals surface area (Å²) in [6.07, 6.45) is 0. The summed E-state index contributed by atoms with van der Waals surface area (Å²) in [5.41, 5.74) is 0. The van der Waals surface area contributed by atoms with Gasteiger partial charge in [0, 0.05) is 0 Å². The number of carboxylic acid groups (broad SMARTS) is 1. The number of phosphoric ester groups is 2. The molecule has 0 spiro atoms. The molecule has 13 heteroatoms. The minimum atomic E-state index is -5.15. The molecule has 0 aliphatic carbocycles. The molecule has 0 amide bonds. The molecule has 0 aliphatic rings. The monoisotopic (exact) mass is 282 g/mol. The Balaban J connectivity index is 4.45. The van der Waals surface area contributed by atoms with Crippen molar-refractivity contribution in [1.29, 1.82) is 0 Å². The van der Waals surface area contributed by atoms with Crippen LogP contribution in [0.2, 0.25) is 0 Å². The van der Waals surface area contributed by atoms with E-state index in [9.17, 15) is 13.9 Å². The zero-order valence-electron chi connectivity index (χ0n) is 7.36. The molecule has 0 heterocycles. The average molecular weight is 282 g/mol. The zero-order chi connectivity index (χ0) is 13.0. The molecule has 0 saturated carbocycles. The molecule has 5 N–H and O–H groups in total. The zero-order valence-corrected chi connectivity index (χ0v) is 9.15. The Morgan fingerprint density at radius 1 is 1.06 bits per heavy atom. The van der Waals surface area contributed by atoms with Gasteiger partial charge in [0.1, 0.15) is 6.61 Å². The minimum Gasteiger partial charge on any atom is -0.480 e. The summed E-state index contributed by atoms with van der Waals surface area (Å²) < 4.78 is 31.9. The standard InChI is InChI=1S/C3H8O11P2/c4-2(5)1-12-3(13-15(6,7)8)14-16(9,10)11/h3H,1H2,(H,4,5)(H2,6,7,8)(H2,9,10,11). The van der Waals surface area contributed by atoms with Crippen LogP contribution in [0.3, 0.4) is 0 Å². The summed E-state index contributed by atoms with van der Waals surface area (Å²) in [5.74, 6) is -1.56. The Labute approximate surface area is 88.0 Å². The van der Waals surface area contributed by atoms with Gasteiger partial charge in [-0.2, -0.15) is 0 Å². The van der Waals surface area contributed by atoms with Crippen molar-refractivity contribution in [2.75, 3.05) is 6.61 Å². The van der Waals surface area contributed by atoms with Gasteiger partial charge in [-0.15, -0.1) is 0 Å². The van der Waals surface area contributed by atoms with Gasteiger partial charge < -0.3 is 29.4 Å². The molecule has 0 aromatic carbocycles. The first-order valence-corrected chi connectivity index (χ1v) is 6.37. The molecule has 0 atom stereocenters. The van der Waals surface area contributed by atoms with Crippen molar-refractivity contribution in [3.63, 3.8) is 0 Å². The van der Waals surface area contributed by atoms with Crippen LogP contribution in [0, 0.1) is 0 Å². The molecule has 0 aromatic rings. The van der Waals surface area contributed by atoms with Gasteiger partial charge >= 0.3 is 21.6 Å². The van der Waals surface area contributed by atoms with Crippen LogP contribution in [-0.2, 0) is 27.7 Å². The second-order valence-corrected chi connectivity index (χ2v) is 4.57. The number of hydrogen-bond acceptors (Lipinski definition) is 6. The van der Waals surface area contributed by atoms with E-state index in [2.05, 4.69) is 13.8 Å². The van der Waals surface area contributed by atoms with E-state index in [0.717, 1.165) is 0 Å². The van der Waals surface area contributed by atoms with Crippen molar-refractivity contribution in [3.05, 3.63) is 0 Å². The Kier molecular flexibility index (Phi) is 5.70. The highest BCUT2D eigenvalue weighted by Crippen LogP contribution is 2.44. The number of rotatable bonds is 7. The molecule has 0 aliphatic heterocycles. The summed E-state index contributed by atoms with van der Waals surface area (Å²) in [5, 5.41) is 8.13. The van der Waals surface area contributed by atoms with Crippen molar-refractivity contribution in [2.45, 2.75) is 6.48 Å². The molecule has 0 fully saturated rings. The van der Waals surface area contributed by atoms with Gasteiger partial charge in [-0.25, -0.2) is 23.0 Å². The van der Waals surface area contributed by atoms with Crippen LogP contribution in [0.1, 0.15) is 0 Å². The summed E-state index contributed by atoms with van der Waals surface area (Å²) in [6.45, 7) is -3.64. The summed E-state index contributed by atoms with van der Waals surface area (Å²) >= 11 is 0. The predicted octanol–water partition coefficient (Wildman–Crippen LogP) is -1.41. The second kappa shape index (κ2) is 5.82. The van der Waals surface area contributed by atoms with Crippen LogP contribution in [0.5, 0.6) is 0 Å². The predicted molar refractivity (Wildman–Crippen MR) is 43.6 cm³/mol. The summed E-state index contributed by atoms with van der Waals surface area (Å²) in [4.78, 5) is 43.1. The minimum absolute atomic E-state index is 1.13. The van der Waals surface area contributed by atoms with Gasteiger partial charge in [-0.05, 0) is 0 Å². The SMILES string of the molecule is O=C(O)COC(OP(=O)(O)O)OP(=O)(O)O. The Morgan fingerprint density at radius 3 is 1.69 bits per heavy atom. The molecular formula is C3H8O11P2. The summed E-state index contributed by atoms with van der Waals surface area (Å²) in [7, 11) is -10.3. The van der Waals surface area contributed by atoms with Crippen LogP contribution < -0.4 is 0 Å². The van der Waals surface area contributed by atoms with Gasteiger partial charge in [0.05, 0.1) is 0 Å². The lowest BCUT2D eigenvalue weighted by molar-refractivity contribution is -0.217. The number of hydrogen-bond donors (Lipinski definition) is 5. The Bertz CT molecular complexity index is 300. The van der Waals surface area contributed by atoms with Crippen molar-refractivity contribution in [2.24, 2.45) is 0 Å². The number of carboxylic acids is 1. The van der Waals surface area contributed by atoms with E-state index in [1.165, 1.54) is 0 Å². The first-order chi connectivity index (χ1) is 6.99. The first-order valence-electron chi connectivity index (χ1n) is 3.31. The van der Waals surface area contributed by atoms with Gasteiger partial charge in [0.2, 0.25) is 0 Å². The highest BCUT2D eigenvalue weighted by molar-refractivity contribution is 7.47. The van der Waals surface area contributed by atoms with Crippen LogP contribution in [0.25, 0.3) is 0 Å². The molecule has 0 bridgehead atoms. The second-order valence-electron chi connectivity index (χ2n) is 2.19. The molecule has 96 valence electrons. The normalized spacial score (nSPS) is 13.1. The number of ether oxygens (including phenoxy) is 1. The molecule has 16 heavy (non-hydrogen) atoms. The van der Waals surface area contributed by atoms with E-state index in [-0.39, 0.29) is 0 Å². The van der Waals surface area contributed by atoms with Crippen molar-refractivity contribution in [3.8, 4) is 0 Å². The number of aliphatic carboxylic acids is 1. The highest BCUT2D eigenvalue weighted by atomic mass is 31.2. The lowest BCUT2D eigenvalue weighted by Gasteiger charge is -2.17. The molecule has 0 aromatic heterocycles. The Morgan fingerprint density at radius 2 is 1.44 bits per heavy atom. The van der Waals surface area contributed by atoms with E-state index in [4.69, 9.17) is 24.7 Å². The highest BCUT2D eigenvalue weighted by Gasteiger charge is 2.30. The Hall–Kier alpha value is -0.350. The third-order valence-electron chi connectivity index (χ3n) is 0.790. The molecule has 11 nitrogen and oxygen atoms in total. The third-order valence-corrected chi connectivity index (χ3v) is 1.68. The topological polar surface area (TPSA) is 180 Å². The fourth-order valence-electron chi connectivity index (χ4n) is 0.444. The average Bonchev–Trinajstić information content (AvgIpc) is 1.93. The maximum Gasteiger partial charge on any atom is 0.473 e. The van der Waals surface area contributed by atoms with Gasteiger partial charge in [-0.3, -0.25) is 0 Å². The molecule has 0 saturated heterocycles. The van der Waals surface area contributed by atoms with Crippen LogP contribution in [-0.4, -0.2) is 43.7 Å². The van der Waals surface area contributed by atoms with E-state index < -0.39 is 34.7 Å². The fourth-order valence-corrected chi connectivity index (χ4v) is 1.17. The maximum absolute atomic E-state index is 10.3. The van der Waals surface area contributed by atoms with Crippen molar-refractivity contribution in [1.82, 2.24) is 0 Å². The largest absolute Gasteiger partial charge is 0.480 e. The van der Waals surface area contributed by atoms with E-state index >= 15 is 0 Å². The molecular weight excluding hydrogens is 274 g/mol. The van der Waals surface area contributed by atoms with E-state index in [1.807, 2.05) is 0 Å². The van der Waals surface area contributed by atoms with Crippen molar-refractivity contribution < 1.29 is 52.4 Å². The lowest BCUT2D eigenvalue weighted by atomic mass is 10.7. The van der Waals surface area contributed by atoms with Crippen LogP contribution >= 0.6 is 15.6 Å². The van der Waals surface area contributed by atoms with E-state index in [0.29, 0.717) is 0 Å². The smallest absolute Gasteiger partial charge is 0.473 e. The van der Waals surface area contributed by atoms with Crippen molar-refractivity contribution >= 4 is 21.6 Å². The van der Waals surface area contributed by atoms with Crippen LogP contribution in [0.15, 0.2) is 0 Å². The number of carbonyl (C=O) groups is 1. The molecule has 0 unspecified atom stereocenters. The van der Waals surface area contributed by atoms with Gasteiger partial charge in [-0.1, -0.05) is 0 Å². The fraction of sp³-hybridized carbons (Fsp3) is 0.667. The lowest BCUT2D eigenvalue weighted by Crippen LogP contribution is -2.22. The summed E-state index contributed by atoms with van der Waals surface area (Å²) in [6, 6.07) is 0. The van der Waals surface area contributed by atoms with E-state index in [1.54, 1.807) is 0 Å². The third kappa shape index (κ3) is 10.2. The van der Waals surface area contributed by atoms with Gasteiger partial charge in [0.15, 0.2) is 0 Å². The quantitative estimate of drug-likeness (QED) is 0.273. The molecule has 0 rings (SSSR count). The number of phosphoric acid groups is 2. The molecule has 0 radical (unpaired) electrons. The first kappa shape index (κ1) is 15.7. The maximum atomic E-state index is 10.3. The van der Waals surface area contributed by atoms with Gasteiger partial charge in [0.25, 0.3) is 6.48 Å².